The molecular formula is C10H18F6N2Si2. The minimum atomic E-state index is -5.17. The first-order valence-electron chi connectivity index (χ1n) is 5.78. The van der Waals surface area contributed by atoms with Gasteiger partial charge in [0.25, 0.3) is 0 Å². The monoisotopic (exact) mass is 336 g/mol. The zero-order valence-electron chi connectivity index (χ0n) is 12.2. The minimum Gasteiger partial charge on any atom is -0.316 e. The summed E-state index contributed by atoms with van der Waals surface area (Å²) in [7, 11) is -5.49. The van der Waals surface area contributed by atoms with Crippen LogP contribution in [0.1, 0.15) is 0 Å². The summed E-state index contributed by atoms with van der Waals surface area (Å²) in [5.74, 6) is 0. The molecule has 118 valence electrons. The van der Waals surface area contributed by atoms with E-state index in [9.17, 15) is 26.3 Å². The van der Waals surface area contributed by atoms with Crippen molar-refractivity contribution in [2.24, 2.45) is 9.32 Å². The molecule has 0 N–H and O–H groups in total. The molecule has 0 unspecified atom stereocenters. The second-order valence-corrected chi connectivity index (χ2v) is 15.4. The Morgan fingerprint density at radius 1 is 0.600 bits per heavy atom. The van der Waals surface area contributed by atoms with Gasteiger partial charge in [-0.1, -0.05) is 0 Å². The molecule has 0 heterocycles. The fraction of sp³-hybridized carbons (Fsp3) is 0.800. The third kappa shape index (κ3) is 7.22. The minimum absolute atomic E-state index is 1.43. The molecule has 0 aliphatic heterocycles. The van der Waals surface area contributed by atoms with Crippen LogP contribution in [0.4, 0.5) is 26.3 Å². The molecular weight excluding hydrogens is 318 g/mol. The molecule has 10 heteroatoms. The standard InChI is InChI=1S/C10H18F6N2Si2/c1-19(2,3)17-7(9(11,12)13)8(10(14,15)16)18-20(4,5)6/h1-6H3/b17-7-,18-8+. The van der Waals surface area contributed by atoms with E-state index in [1.807, 2.05) is 0 Å². The van der Waals surface area contributed by atoms with Gasteiger partial charge in [-0.2, -0.15) is 26.3 Å². The first-order valence-corrected chi connectivity index (χ1v) is 12.7. The van der Waals surface area contributed by atoms with E-state index in [0.717, 1.165) is 0 Å². The van der Waals surface area contributed by atoms with E-state index in [0.29, 0.717) is 0 Å². The van der Waals surface area contributed by atoms with Gasteiger partial charge in [0.15, 0.2) is 27.9 Å². The molecule has 2 nitrogen and oxygen atoms in total. The van der Waals surface area contributed by atoms with Crippen molar-refractivity contribution in [3.8, 4) is 0 Å². The fourth-order valence-corrected chi connectivity index (χ4v) is 2.98. The molecule has 0 saturated heterocycles. The van der Waals surface area contributed by atoms with E-state index in [1.54, 1.807) is 0 Å². The first kappa shape index (κ1) is 19.4. The lowest BCUT2D eigenvalue weighted by atomic mass is 10.2. The molecule has 0 radical (unpaired) electrons. The average molecular weight is 336 g/mol. The van der Waals surface area contributed by atoms with Gasteiger partial charge in [-0.15, -0.1) is 0 Å². The van der Waals surface area contributed by atoms with Gasteiger partial charge in [-0.25, -0.2) is 0 Å². The first-order chi connectivity index (χ1) is 8.43. The summed E-state index contributed by atoms with van der Waals surface area (Å²) in [6, 6.07) is 0. The normalized spacial score (nSPS) is 16.6. The predicted molar refractivity (Wildman–Crippen MR) is 73.7 cm³/mol. The molecule has 0 aromatic carbocycles. The topological polar surface area (TPSA) is 24.7 Å². The Morgan fingerprint density at radius 2 is 0.800 bits per heavy atom. The second kappa shape index (κ2) is 5.62. The highest BCUT2D eigenvalue weighted by atomic mass is 28.3. The maximum atomic E-state index is 12.9. The van der Waals surface area contributed by atoms with Crippen molar-refractivity contribution in [2.45, 2.75) is 51.6 Å². The highest BCUT2D eigenvalue weighted by Gasteiger charge is 2.50. The number of rotatable bonds is 3. The number of hydrogen-bond donors (Lipinski definition) is 0. The Kier molecular flexibility index (Phi) is 5.44. The third-order valence-corrected chi connectivity index (χ3v) is 3.44. The van der Waals surface area contributed by atoms with E-state index in [2.05, 4.69) is 9.32 Å². The summed E-state index contributed by atoms with van der Waals surface area (Å²) >= 11 is 0. The van der Waals surface area contributed by atoms with Crippen LogP contribution in [0.25, 0.3) is 0 Å². The highest BCUT2D eigenvalue weighted by molar-refractivity contribution is 6.79. The van der Waals surface area contributed by atoms with Gasteiger partial charge in [-0.3, -0.25) is 0 Å². The summed E-state index contributed by atoms with van der Waals surface area (Å²) in [5.41, 5.74) is -3.79. The van der Waals surface area contributed by atoms with Crippen LogP contribution in [0.3, 0.4) is 0 Å². The van der Waals surface area contributed by atoms with Gasteiger partial charge < -0.3 is 9.32 Å². The van der Waals surface area contributed by atoms with Crippen molar-refractivity contribution in [3.63, 3.8) is 0 Å². The number of nitrogens with zero attached hydrogens (tertiary/aromatic N) is 2. The quantitative estimate of drug-likeness (QED) is 0.407. The van der Waals surface area contributed by atoms with Gasteiger partial charge in [0.2, 0.25) is 0 Å². The van der Waals surface area contributed by atoms with Crippen molar-refractivity contribution in [1.29, 1.82) is 0 Å². The summed E-state index contributed by atoms with van der Waals surface area (Å²) in [6.45, 7) is 8.59. The molecule has 0 saturated carbocycles. The zero-order valence-corrected chi connectivity index (χ0v) is 14.2. The van der Waals surface area contributed by atoms with Crippen molar-refractivity contribution < 1.29 is 26.3 Å². The Labute approximate surface area is 116 Å². The molecule has 0 rings (SSSR count). The van der Waals surface area contributed by atoms with Gasteiger partial charge in [-0.05, 0) is 39.3 Å². The van der Waals surface area contributed by atoms with Crippen LogP contribution in [-0.4, -0.2) is 40.2 Å². The summed E-state index contributed by atoms with van der Waals surface area (Å²) < 4.78 is 84.3. The van der Waals surface area contributed by atoms with Gasteiger partial charge >= 0.3 is 12.4 Å². The van der Waals surface area contributed by atoms with Crippen LogP contribution in [0.2, 0.25) is 39.3 Å². The molecule has 0 fully saturated rings. The van der Waals surface area contributed by atoms with Crippen LogP contribution in [0, 0.1) is 0 Å². The molecule has 0 aliphatic carbocycles. The van der Waals surface area contributed by atoms with Crippen molar-refractivity contribution in [2.75, 3.05) is 0 Å². The van der Waals surface area contributed by atoms with E-state index < -0.39 is 40.2 Å². The molecule has 0 bridgehead atoms. The highest BCUT2D eigenvalue weighted by Crippen LogP contribution is 2.29. The van der Waals surface area contributed by atoms with Crippen LogP contribution in [0.5, 0.6) is 0 Å². The Bertz CT molecular complexity index is 369. The van der Waals surface area contributed by atoms with E-state index in [1.165, 1.54) is 39.3 Å². The van der Waals surface area contributed by atoms with Gasteiger partial charge in [0.1, 0.15) is 0 Å². The summed E-state index contributed by atoms with van der Waals surface area (Å²) in [5, 5.41) is 0. The van der Waals surface area contributed by atoms with Gasteiger partial charge in [0, 0.05) is 0 Å². The fourth-order valence-electron chi connectivity index (χ4n) is 1.17. The van der Waals surface area contributed by atoms with Crippen LogP contribution in [-0.2, 0) is 0 Å². The Morgan fingerprint density at radius 3 is 0.900 bits per heavy atom. The number of halogens is 6. The Balaban J connectivity index is 6.23. The lowest BCUT2D eigenvalue weighted by molar-refractivity contribution is -0.0707. The molecule has 0 atom stereocenters. The molecule has 0 aromatic heterocycles. The van der Waals surface area contributed by atoms with Crippen molar-refractivity contribution in [1.82, 2.24) is 0 Å². The Hall–Kier alpha value is -0.646. The third-order valence-electron chi connectivity index (χ3n) is 1.66. The lowest BCUT2D eigenvalue weighted by Gasteiger charge is -2.22. The second-order valence-electron chi connectivity index (χ2n) is 6.26. The maximum Gasteiger partial charge on any atom is 0.434 e. The average Bonchev–Trinajstić information content (AvgIpc) is 2.04. The smallest absolute Gasteiger partial charge is 0.316 e. The van der Waals surface area contributed by atoms with Crippen molar-refractivity contribution in [3.05, 3.63) is 0 Å². The molecule has 0 aliphatic rings. The van der Waals surface area contributed by atoms with Crippen molar-refractivity contribution >= 4 is 27.9 Å². The largest absolute Gasteiger partial charge is 0.434 e. The van der Waals surface area contributed by atoms with Gasteiger partial charge in [0.05, 0.1) is 0 Å². The summed E-state index contributed by atoms with van der Waals surface area (Å²) in [4.78, 5) is 0. The zero-order chi connectivity index (χ0) is 16.6. The molecule has 20 heavy (non-hydrogen) atoms. The lowest BCUT2D eigenvalue weighted by Crippen LogP contribution is -2.44. The summed E-state index contributed by atoms with van der Waals surface area (Å²) in [6.07, 6.45) is -10.3. The molecule has 0 spiro atoms. The van der Waals surface area contributed by atoms with E-state index >= 15 is 0 Å². The number of alkyl halides is 6. The molecule has 0 amide bonds. The van der Waals surface area contributed by atoms with Crippen LogP contribution >= 0.6 is 0 Å². The SMILES string of the molecule is C[Si](C)(C)/N=C(/C(=N\[Si](C)(C)C)C(F)(F)F)C(F)(F)F. The van der Waals surface area contributed by atoms with E-state index in [4.69, 9.17) is 0 Å². The van der Waals surface area contributed by atoms with Crippen LogP contribution in [0.15, 0.2) is 9.32 Å². The number of hydrogen-bond acceptors (Lipinski definition) is 2. The van der Waals surface area contributed by atoms with Crippen LogP contribution < -0.4 is 0 Å². The van der Waals surface area contributed by atoms with E-state index in [-0.39, 0.29) is 0 Å². The maximum absolute atomic E-state index is 12.9. The predicted octanol–water partition coefficient (Wildman–Crippen LogP) is 4.66. The molecule has 0 aromatic rings.